The molecule has 312 valence electrons. The minimum atomic E-state index is -1.38. The van der Waals surface area contributed by atoms with E-state index in [1.165, 1.54) is 32.4 Å². The van der Waals surface area contributed by atoms with Gasteiger partial charge >= 0.3 is 5.97 Å². The average Bonchev–Trinajstić information content (AvgIpc) is 3.42. The minimum absolute atomic E-state index is 0.00391. The summed E-state index contributed by atoms with van der Waals surface area (Å²) >= 11 is 0. The largest absolute Gasteiger partial charge is 0.480 e. The molecule has 1 saturated heterocycles. The van der Waals surface area contributed by atoms with E-state index >= 15 is 0 Å². The number of carboxylic acids is 1. The fraction of sp³-hybridized carbons (Fsp3) is 0.732. The Morgan fingerprint density at radius 2 is 1.55 bits per heavy atom. The minimum Gasteiger partial charge on any atom is -0.480 e. The van der Waals surface area contributed by atoms with E-state index in [0.29, 0.717) is 12.8 Å². The Balaban J connectivity index is 2.37. The summed E-state index contributed by atoms with van der Waals surface area (Å²) in [5.74, 6) is -4.36. The summed E-state index contributed by atoms with van der Waals surface area (Å²) in [7, 11) is 6.38. The molecule has 0 aliphatic carbocycles. The SMILES string of the molecule is CC[C@H](C)C([C@@H](CC(=O)N1C(C)[C@@H](C)C[C@H]1[C@H](OC)[C@@H](C)C(=O)N[C@@H](Cc1ccccc1F)C(=O)O)OC)N(C)C(=O)[C@@H](NC(=O)[C@@H](NC)C(C)C)C(C)C. The van der Waals surface area contributed by atoms with Gasteiger partial charge in [-0.25, -0.2) is 9.18 Å². The van der Waals surface area contributed by atoms with Gasteiger partial charge in [-0.15, -0.1) is 0 Å². The maximum Gasteiger partial charge on any atom is 0.326 e. The third-order valence-electron chi connectivity index (χ3n) is 11.6. The van der Waals surface area contributed by atoms with Gasteiger partial charge in [-0.2, -0.15) is 0 Å². The number of amides is 4. The molecule has 0 saturated carbocycles. The van der Waals surface area contributed by atoms with Gasteiger partial charge < -0.3 is 40.3 Å². The molecule has 1 aromatic rings. The molecule has 13 nitrogen and oxygen atoms in total. The van der Waals surface area contributed by atoms with Crippen LogP contribution in [0.3, 0.4) is 0 Å². The topological polar surface area (TPSA) is 167 Å². The number of nitrogens with zero attached hydrogens (tertiary/aromatic N) is 2. The molecule has 55 heavy (non-hydrogen) atoms. The average molecular weight is 778 g/mol. The molecule has 0 bridgehead atoms. The van der Waals surface area contributed by atoms with Gasteiger partial charge in [0.25, 0.3) is 0 Å². The molecule has 1 aliphatic rings. The van der Waals surface area contributed by atoms with Crippen LogP contribution in [0.15, 0.2) is 24.3 Å². The first kappa shape index (κ1) is 47.5. The molecule has 0 radical (unpaired) electrons. The Labute approximate surface area is 327 Å². The third kappa shape index (κ3) is 11.9. The van der Waals surface area contributed by atoms with Crippen molar-refractivity contribution in [2.45, 2.75) is 136 Å². The van der Waals surface area contributed by atoms with Crippen LogP contribution in [0.25, 0.3) is 0 Å². The Kier molecular flexibility index (Phi) is 18.7. The van der Waals surface area contributed by atoms with E-state index < -0.39 is 66.0 Å². The summed E-state index contributed by atoms with van der Waals surface area (Å²) in [6.07, 6.45) is -0.586. The number of carbonyl (C=O) groups excluding carboxylic acids is 4. The van der Waals surface area contributed by atoms with Crippen LogP contribution in [0.4, 0.5) is 4.39 Å². The van der Waals surface area contributed by atoms with Crippen molar-refractivity contribution in [3.8, 4) is 0 Å². The van der Waals surface area contributed by atoms with E-state index in [0.717, 1.165) is 0 Å². The Hall–Kier alpha value is -3.62. The van der Waals surface area contributed by atoms with Gasteiger partial charge in [0, 0.05) is 33.7 Å². The smallest absolute Gasteiger partial charge is 0.326 e. The van der Waals surface area contributed by atoms with E-state index in [4.69, 9.17) is 9.47 Å². The number of ether oxygens (including phenoxy) is 2. The summed E-state index contributed by atoms with van der Waals surface area (Å²) in [6.45, 7) is 17.2. The number of benzene rings is 1. The number of methoxy groups -OCH3 is 2. The van der Waals surface area contributed by atoms with Crippen molar-refractivity contribution in [1.82, 2.24) is 25.8 Å². The van der Waals surface area contributed by atoms with Crippen LogP contribution in [0.1, 0.15) is 87.1 Å². The van der Waals surface area contributed by atoms with Gasteiger partial charge in [-0.1, -0.05) is 80.0 Å². The second kappa shape index (κ2) is 21.6. The number of hydrogen-bond acceptors (Lipinski definition) is 8. The lowest BCUT2D eigenvalue weighted by Crippen LogP contribution is -2.60. The molecule has 0 aromatic heterocycles. The van der Waals surface area contributed by atoms with Gasteiger partial charge in [-0.3, -0.25) is 19.2 Å². The van der Waals surface area contributed by atoms with Gasteiger partial charge in [0.05, 0.1) is 42.7 Å². The number of aliphatic carboxylic acids is 1. The van der Waals surface area contributed by atoms with Crippen molar-refractivity contribution in [2.75, 3.05) is 28.3 Å². The highest BCUT2D eigenvalue weighted by Crippen LogP contribution is 2.36. The summed E-state index contributed by atoms with van der Waals surface area (Å²) in [6, 6.07) is 1.88. The quantitative estimate of drug-likeness (QED) is 0.145. The van der Waals surface area contributed by atoms with Crippen molar-refractivity contribution in [2.24, 2.45) is 29.6 Å². The monoisotopic (exact) mass is 778 g/mol. The number of carbonyl (C=O) groups is 5. The molecule has 11 atom stereocenters. The molecule has 1 heterocycles. The van der Waals surface area contributed by atoms with Crippen LogP contribution in [0.2, 0.25) is 0 Å². The van der Waals surface area contributed by atoms with E-state index in [1.807, 2.05) is 55.4 Å². The fourth-order valence-electron chi connectivity index (χ4n) is 7.95. The van der Waals surface area contributed by atoms with E-state index in [9.17, 15) is 33.5 Å². The molecular weight excluding hydrogens is 709 g/mol. The van der Waals surface area contributed by atoms with Gasteiger partial charge in [0.15, 0.2) is 0 Å². The lowest BCUT2D eigenvalue weighted by Gasteiger charge is -2.41. The second-order valence-corrected chi connectivity index (χ2v) is 16.1. The summed E-state index contributed by atoms with van der Waals surface area (Å²) < 4.78 is 26.3. The summed E-state index contributed by atoms with van der Waals surface area (Å²) in [5.41, 5.74) is 0.162. The second-order valence-electron chi connectivity index (χ2n) is 16.1. The van der Waals surface area contributed by atoms with Crippen molar-refractivity contribution >= 4 is 29.6 Å². The van der Waals surface area contributed by atoms with E-state index in [2.05, 4.69) is 16.0 Å². The van der Waals surface area contributed by atoms with Crippen LogP contribution in [-0.4, -0.2) is 121 Å². The predicted molar refractivity (Wildman–Crippen MR) is 209 cm³/mol. The highest BCUT2D eigenvalue weighted by atomic mass is 19.1. The van der Waals surface area contributed by atoms with Crippen LogP contribution in [0, 0.1) is 35.4 Å². The van der Waals surface area contributed by atoms with Gasteiger partial charge in [0.2, 0.25) is 23.6 Å². The Bertz CT molecular complexity index is 1440. The van der Waals surface area contributed by atoms with Crippen LogP contribution in [0.5, 0.6) is 0 Å². The molecule has 2 rings (SSSR count). The number of hydrogen-bond donors (Lipinski definition) is 4. The van der Waals surface area contributed by atoms with Crippen molar-refractivity contribution in [3.05, 3.63) is 35.6 Å². The number of nitrogens with one attached hydrogen (secondary N) is 3. The van der Waals surface area contributed by atoms with E-state index in [1.54, 1.807) is 36.9 Å². The number of halogens is 1. The highest BCUT2D eigenvalue weighted by Gasteiger charge is 2.47. The number of likely N-dealkylation sites (N-methyl/N-ethyl adjacent to an activating group) is 2. The van der Waals surface area contributed by atoms with Crippen molar-refractivity contribution in [3.63, 3.8) is 0 Å². The predicted octanol–water partition coefficient (Wildman–Crippen LogP) is 3.88. The first-order valence-corrected chi connectivity index (χ1v) is 19.6. The highest BCUT2D eigenvalue weighted by molar-refractivity contribution is 5.90. The molecule has 14 heteroatoms. The first-order valence-electron chi connectivity index (χ1n) is 19.6. The van der Waals surface area contributed by atoms with Crippen LogP contribution < -0.4 is 16.0 Å². The zero-order valence-electron chi connectivity index (χ0n) is 35.2. The van der Waals surface area contributed by atoms with Gasteiger partial charge in [-0.05, 0) is 55.7 Å². The van der Waals surface area contributed by atoms with Crippen LogP contribution in [-0.2, 0) is 39.9 Å². The molecule has 4 N–H and O–H groups in total. The molecule has 1 aromatic carbocycles. The van der Waals surface area contributed by atoms with Crippen LogP contribution >= 0.6 is 0 Å². The Morgan fingerprint density at radius 1 is 0.945 bits per heavy atom. The zero-order valence-corrected chi connectivity index (χ0v) is 35.2. The van der Waals surface area contributed by atoms with E-state index in [-0.39, 0.29) is 65.8 Å². The van der Waals surface area contributed by atoms with Crippen molar-refractivity contribution < 1.29 is 42.9 Å². The molecule has 4 amide bonds. The lowest BCUT2D eigenvalue weighted by atomic mass is 9.89. The molecular formula is C41H68FN5O8. The summed E-state index contributed by atoms with van der Waals surface area (Å²) in [5, 5.41) is 18.5. The molecule has 1 fully saturated rings. The lowest BCUT2D eigenvalue weighted by molar-refractivity contribution is -0.149. The Morgan fingerprint density at radius 3 is 2.04 bits per heavy atom. The number of carboxylic acid groups (broad SMARTS) is 1. The normalized spacial score (nSPS) is 21.6. The third-order valence-corrected chi connectivity index (χ3v) is 11.6. The first-order chi connectivity index (χ1) is 25.8. The molecule has 1 aliphatic heterocycles. The summed E-state index contributed by atoms with van der Waals surface area (Å²) in [4.78, 5) is 71.0. The maximum atomic E-state index is 14.5. The van der Waals surface area contributed by atoms with Crippen molar-refractivity contribution in [1.29, 1.82) is 0 Å². The fourth-order valence-corrected chi connectivity index (χ4v) is 7.95. The van der Waals surface area contributed by atoms with Gasteiger partial charge in [0.1, 0.15) is 17.9 Å². The number of rotatable bonds is 21. The standard InChI is InChI=1S/C41H68FN5O8/c1-14-24(6)36(46(11)40(51)35(23(4)5)45-39(50)34(43-10)22(2)3)32(54-12)21-33(48)47-27(9)25(7)19-31(47)37(55-13)26(8)38(49)44-30(41(52)53)20-28-17-15-16-18-29(28)42/h15-18,22-27,30-32,34-37,43H,14,19-21H2,1-13H3,(H,44,49)(H,45,50)(H,52,53)/t24-,25-,26+,27?,30-,31-,32+,34-,35-,36?,37+/m0/s1. The molecule has 2 unspecified atom stereocenters. The number of likely N-dealkylation sites (tertiary alicyclic amines) is 1. The molecule has 0 spiro atoms. The zero-order chi connectivity index (χ0) is 41.9. The maximum absolute atomic E-state index is 14.5.